The fourth-order valence-corrected chi connectivity index (χ4v) is 2.34. The number of hydrogen-bond donors (Lipinski definition) is 0. The minimum absolute atomic E-state index is 0.127. The van der Waals surface area contributed by atoms with Gasteiger partial charge in [-0.1, -0.05) is 18.2 Å². The summed E-state index contributed by atoms with van der Waals surface area (Å²) in [5.41, 5.74) is 0.583. The summed E-state index contributed by atoms with van der Waals surface area (Å²) in [4.78, 5) is 25.2. The van der Waals surface area contributed by atoms with E-state index in [1.165, 1.54) is 38.3 Å². The van der Waals surface area contributed by atoms with E-state index in [2.05, 4.69) is 0 Å². The lowest BCUT2D eigenvalue weighted by Gasteiger charge is -2.17. The van der Waals surface area contributed by atoms with Crippen molar-refractivity contribution >= 4 is 11.9 Å². The van der Waals surface area contributed by atoms with Gasteiger partial charge in [0, 0.05) is 13.6 Å². The second-order valence-electron chi connectivity index (χ2n) is 5.82. The summed E-state index contributed by atoms with van der Waals surface area (Å²) in [5.74, 6) is -0.628. The van der Waals surface area contributed by atoms with E-state index in [0.717, 1.165) is 0 Å². The first-order valence-corrected chi connectivity index (χ1v) is 8.42. The Morgan fingerprint density at radius 2 is 1.64 bits per heavy atom. The molecule has 2 rings (SSSR count). The van der Waals surface area contributed by atoms with E-state index in [-0.39, 0.29) is 18.9 Å². The highest BCUT2D eigenvalue weighted by molar-refractivity contribution is 5.80. The molecule has 0 aliphatic heterocycles. The monoisotopic (exact) mass is 391 g/mol. The van der Waals surface area contributed by atoms with Crippen LogP contribution in [0.25, 0.3) is 0 Å². The quantitative estimate of drug-likeness (QED) is 0.612. The first-order chi connectivity index (χ1) is 13.4. The summed E-state index contributed by atoms with van der Waals surface area (Å²) < 4.78 is 33.9. The van der Waals surface area contributed by atoms with Crippen molar-refractivity contribution in [1.82, 2.24) is 4.90 Å². The number of likely N-dealkylation sites (N-methyl/N-ethyl adjacent to an activating group) is 1. The van der Waals surface area contributed by atoms with E-state index in [9.17, 15) is 14.0 Å². The third kappa shape index (κ3) is 5.87. The molecule has 1 amide bonds. The summed E-state index contributed by atoms with van der Waals surface area (Å²) in [6, 6.07) is 11.3. The van der Waals surface area contributed by atoms with E-state index < -0.39 is 24.3 Å². The number of esters is 1. The number of benzene rings is 2. The molecule has 28 heavy (non-hydrogen) atoms. The van der Waals surface area contributed by atoms with Crippen molar-refractivity contribution in [3.63, 3.8) is 0 Å². The molecule has 0 aliphatic carbocycles. The smallest absolute Gasteiger partial charge is 0.344 e. The fourth-order valence-electron chi connectivity index (χ4n) is 2.34. The van der Waals surface area contributed by atoms with E-state index in [1.807, 2.05) is 0 Å². The van der Waals surface area contributed by atoms with Gasteiger partial charge in [-0.15, -0.1) is 0 Å². The number of hydrogen-bond acceptors (Lipinski definition) is 6. The Bertz CT molecular complexity index is 826. The third-order valence-corrected chi connectivity index (χ3v) is 3.83. The number of methoxy groups -OCH3 is 2. The molecule has 150 valence electrons. The lowest BCUT2D eigenvalue weighted by molar-refractivity contribution is -0.153. The standard InChI is InChI=1S/C20H22FNO6/c1-22(11-14-8-9-16(25-2)15(21)10-14)19(23)12-28-20(24)13-27-18-7-5-4-6-17(18)26-3/h4-10H,11-13H2,1-3H3. The van der Waals surface area contributed by atoms with Gasteiger partial charge in [0.15, 0.2) is 36.3 Å². The maximum Gasteiger partial charge on any atom is 0.344 e. The Morgan fingerprint density at radius 1 is 0.964 bits per heavy atom. The van der Waals surface area contributed by atoms with E-state index in [4.69, 9.17) is 18.9 Å². The molecule has 0 radical (unpaired) electrons. The molecule has 2 aromatic carbocycles. The van der Waals surface area contributed by atoms with Crippen LogP contribution in [0.4, 0.5) is 4.39 Å². The van der Waals surface area contributed by atoms with Crippen molar-refractivity contribution in [2.24, 2.45) is 0 Å². The normalized spacial score (nSPS) is 10.1. The summed E-state index contributed by atoms with van der Waals surface area (Å²) in [6.45, 7) is -0.640. The van der Waals surface area contributed by atoms with Crippen LogP contribution in [0.15, 0.2) is 42.5 Å². The van der Waals surface area contributed by atoms with Crippen molar-refractivity contribution in [3.8, 4) is 17.2 Å². The van der Waals surface area contributed by atoms with Crippen molar-refractivity contribution in [2.45, 2.75) is 6.54 Å². The van der Waals surface area contributed by atoms with E-state index in [1.54, 1.807) is 30.3 Å². The number of rotatable bonds is 9. The van der Waals surface area contributed by atoms with Gasteiger partial charge in [0.2, 0.25) is 0 Å². The predicted molar refractivity (Wildman–Crippen MR) is 98.9 cm³/mol. The van der Waals surface area contributed by atoms with Crippen molar-refractivity contribution in [1.29, 1.82) is 0 Å². The molecule has 0 bridgehead atoms. The molecule has 0 fully saturated rings. The zero-order valence-corrected chi connectivity index (χ0v) is 15.9. The molecule has 0 aromatic heterocycles. The third-order valence-electron chi connectivity index (χ3n) is 3.83. The van der Waals surface area contributed by atoms with Crippen LogP contribution in [-0.2, 0) is 20.9 Å². The molecule has 0 aliphatic rings. The number of carbonyl (C=O) groups is 2. The van der Waals surface area contributed by atoms with E-state index >= 15 is 0 Å². The molecule has 0 saturated carbocycles. The number of para-hydroxylation sites is 2. The molecule has 0 saturated heterocycles. The van der Waals surface area contributed by atoms with Crippen LogP contribution in [0, 0.1) is 5.82 Å². The Labute approximate surface area is 162 Å². The maximum atomic E-state index is 13.7. The Balaban J connectivity index is 1.79. The van der Waals surface area contributed by atoms with Crippen LogP contribution in [0.5, 0.6) is 17.2 Å². The molecular weight excluding hydrogens is 369 g/mol. The summed E-state index contributed by atoms with van der Waals surface area (Å²) >= 11 is 0. The van der Waals surface area contributed by atoms with Gasteiger partial charge >= 0.3 is 5.97 Å². The second kappa shape index (κ2) is 10.1. The van der Waals surface area contributed by atoms with Gasteiger partial charge in [0.1, 0.15) is 0 Å². The molecule has 0 atom stereocenters. The Morgan fingerprint density at radius 3 is 2.29 bits per heavy atom. The van der Waals surface area contributed by atoms with Gasteiger partial charge in [-0.2, -0.15) is 0 Å². The van der Waals surface area contributed by atoms with E-state index in [0.29, 0.717) is 17.1 Å². The van der Waals surface area contributed by atoms with Crippen molar-refractivity contribution in [3.05, 3.63) is 53.8 Å². The molecule has 0 spiro atoms. The van der Waals surface area contributed by atoms with Gasteiger partial charge in [-0.25, -0.2) is 9.18 Å². The lowest BCUT2D eigenvalue weighted by atomic mass is 10.2. The fraction of sp³-hybridized carbons (Fsp3) is 0.300. The molecule has 0 unspecified atom stereocenters. The second-order valence-corrected chi connectivity index (χ2v) is 5.82. The van der Waals surface area contributed by atoms with Crippen molar-refractivity contribution < 1.29 is 32.9 Å². The first kappa shape index (κ1) is 21.0. The minimum Gasteiger partial charge on any atom is -0.494 e. The zero-order valence-electron chi connectivity index (χ0n) is 15.9. The average Bonchev–Trinajstić information content (AvgIpc) is 2.70. The molecule has 7 nitrogen and oxygen atoms in total. The number of amides is 1. The van der Waals surface area contributed by atoms with Gasteiger partial charge < -0.3 is 23.8 Å². The summed E-state index contributed by atoms with van der Waals surface area (Å²) in [7, 11) is 4.40. The van der Waals surface area contributed by atoms with Crippen LogP contribution in [0.2, 0.25) is 0 Å². The minimum atomic E-state index is -0.692. The first-order valence-electron chi connectivity index (χ1n) is 8.42. The number of ether oxygens (including phenoxy) is 4. The molecule has 0 heterocycles. The van der Waals surface area contributed by atoms with Crippen LogP contribution in [0.3, 0.4) is 0 Å². The number of halogens is 1. The molecule has 2 aromatic rings. The molecular formula is C20H22FNO6. The zero-order chi connectivity index (χ0) is 20.5. The highest BCUT2D eigenvalue weighted by Gasteiger charge is 2.14. The van der Waals surface area contributed by atoms with Gasteiger partial charge in [-0.05, 0) is 29.8 Å². The maximum absolute atomic E-state index is 13.7. The van der Waals surface area contributed by atoms with Crippen molar-refractivity contribution in [2.75, 3.05) is 34.5 Å². The van der Waals surface area contributed by atoms with Crippen LogP contribution in [-0.4, -0.2) is 51.3 Å². The largest absolute Gasteiger partial charge is 0.494 e. The molecule has 0 N–H and O–H groups in total. The summed E-state index contributed by atoms with van der Waals surface area (Å²) in [6.07, 6.45) is 0. The van der Waals surface area contributed by atoms with Gasteiger partial charge in [0.25, 0.3) is 5.91 Å². The van der Waals surface area contributed by atoms with Crippen LogP contribution in [0.1, 0.15) is 5.56 Å². The summed E-state index contributed by atoms with van der Waals surface area (Å²) in [5, 5.41) is 0. The molecule has 8 heteroatoms. The van der Waals surface area contributed by atoms with Gasteiger partial charge in [0.05, 0.1) is 14.2 Å². The van der Waals surface area contributed by atoms with Gasteiger partial charge in [-0.3, -0.25) is 4.79 Å². The predicted octanol–water partition coefficient (Wildman–Crippen LogP) is 2.42. The highest BCUT2D eigenvalue weighted by Crippen LogP contribution is 2.25. The van der Waals surface area contributed by atoms with Crippen LogP contribution >= 0.6 is 0 Å². The number of carbonyl (C=O) groups excluding carboxylic acids is 2. The average molecular weight is 391 g/mol. The SMILES string of the molecule is COc1ccc(CN(C)C(=O)COC(=O)COc2ccccc2OC)cc1F. The highest BCUT2D eigenvalue weighted by atomic mass is 19.1. The lowest BCUT2D eigenvalue weighted by Crippen LogP contribution is -2.31. The Kier molecular flexibility index (Phi) is 7.62. The van der Waals surface area contributed by atoms with Crippen LogP contribution < -0.4 is 14.2 Å². The number of nitrogens with zero attached hydrogens (tertiary/aromatic N) is 1. The Hall–Kier alpha value is -3.29. The topological polar surface area (TPSA) is 74.3 Å².